The summed E-state index contributed by atoms with van der Waals surface area (Å²) in [5.74, 6) is -2.52. The number of nitrogens with one attached hydrogen (secondary N) is 3. The molecule has 0 unspecified atom stereocenters. The monoisotopic (exact) mass is 515 g/mol. The number of rotatable bonds is 5. The van der Waals surface area contributed by atoms with E-state index in [2.05, 4.69) is 22.0 Å². The molecule has 9 nitrogen and oxygen atoms in total. The molecule has 3 N–H and O–H groups in total. The number of hydrogen-bond donors (Lipinski definition) is 3. The van der Waals surface area contributed by atoms with E-state index in [9.17, 15) is 24.4 Å². The number of carbonyl (C=O) groups is 4. The van der Waals surface area contributed by atoms with E-state index in [1.54, 1.807) is 13.0 Å². The molecule has 198 valence electrons. The Morgan fingerprint density at radius 2 is 1.71 bits per heavy atom. The van der Waals surface area contributed by atoms with Crippen molar-refractivity contribution in [2.24, 2.45) is 5.41 Å². The first-order chi connectivity index (χ1) is 17.9. The molecule has 1 saturated heterocycles. The zero-order chi connectivity index (χ0) is 27.7. The Balaban J connectivity index is 1.54. The molecule has 0 aromatic heterocycles. The molecule has 0 aliphatic carbocycles. The van der Waals surface area contributed by atoms with E-state index in [1.807, 2.05) is 69.3 Å². The smallest absolute Gasteiger partial charge is 0.309 e. The maximum atomic E-state index is 13.8. The van der Waals surface area contributed by atoms with Crippen molar-refractivity contribution >= 4 is 29.3 Å². The number of hydrogen-bond acceptors (Lipinski definition) is 5. The number of benzene rings is 2. The number of amides is 4. The first-order valence-corrected chi connectivity index (χ1v) is 12.7. The molecule has 0 saturated carbocycles. The van der Waals surface area contributed by atoms with Crippen molar-refractivity contribution in [3.05, 3.63) is 65.7 Å². The molecule has 1 fully saturated rings. The predicted molar refractivity (Wildman–Crippen MR) is 141 cm³/mol. The van der Waals surface area contributed by atoms with Gasteiger partial charge in [-0.05, 0) is 36.0 Å². The van der Waals surface area contributed by atoms with Gasteiger partial charge in [-0.3, -0.25) is 19.2 Å². The van der Waals surface area contributed by atoms with E-state index in [0.29, 0.717) is 5.69 Å². The molecule has 0 bridgehead atoms. The van der Waals surface area contributed by atoms with Crippen LogP contribution in [0.2, 0.25) is 0 Å². The van der Waals surface area contributed by atoms with Crippen LogP contribution in [0, 0.1) is 16.7 Å². The Morgan fingerprint density at radius 1 is 1.08 bits per heavy atom. The number of fused-ring (bicyclic) bond motifs is 2. The van der Waals surface area contributed by atoms with Crippen LogP contribution in [0.5, 0.6) is 0 Å². The highest BCUT2D eigenvalue weighted by atomic mass is 16.2. The lowest BCUT2D eigenvalue weighted by Crippen LogP contribution is -2.54. The summed E-state index contributed by atoms with van der Waals surface area (Å²) in [6.07, 6.45) is 0.396. The summed E-state index contributed by atoms with van der Waals surface area (Å²) in [5, 5.41) is 18.1. The van der Waals surface area contributed by atoms with Gasteiger partial charge >= 0.3 is 11.8 Å². The molecule has 38 heavy (non-hydrogen) atoms. The summed E-state index contributed by atoms with van der Waals surface area (Å²) in [6.45, 7) is 7.55. The van der Waals surface area contributed by atoms with Crippen molar-refractivity contribution in [1.82, 2.24) is 15.5 Å². The summed E-state index contributed by atoms with van der Waals surface area (Å²) in [5.41, 5.74) is 0.854. The van der Waals surface area contributed by atoms with Crippen molar-refractivity contribution < 1.29 is 19.2 Å². The molecule has 2 heterocycles. The maximum Gasteiger partial charge on any atom is 0.309 e. The topological polar surface area (TPSA) is 131 Å². The molecular formula is C29H33N5O4. The third-order valence-corrected chi connectivity index (χ3v) is 7.19. The number of carbonyl (C=O) groups excluding carboxylic acids is 4. The van der Waals surface area contributed by atoms with Gasteiger partial charge < -0.3 is 20.9 Å². The van der Waals surface area contributed by atoms with E-state index >= 15 is 0 Å². The van der Waals surface area contributed by atoms with Crippen molar-refractivity contribution in [3.8, 4) is 6.07 Å². The van der Waals surface area contributed by atoms with Gasteiger partial charge in [0.1, 0.15) is 12.1 Å². The van der Waals surface area contributed by atoms with Gasteiger partial charge in [-0.2, -0.15) is 5.26 Å². The molecule has 2 aromatic rings. The Kier molecular flexibility index (Phi) is 7.27. The van der Waals surface area contributed by atoms with Crippen LogP contribution in [0.15, 0.2) is 54.6 Å². The van der Waals surface area contributed by atoms with Crippen LogP contribution in [-0.2, 0) is 24.6 Å². The van der Waals surface area contributed by atoms with Gasteiger partial charge in [0.2, 0.25) is 11.8 Å². The fourth-order valence-electron chi connectivity index (χ4n) is 5.31. The van der Waals surface area contributed by atoms with E-state index < -0.39 is 41.3 Å². The van der Waals surface area contributed by atoms with Crippen molar-refractivity contribution in [3.63, 3.8) is 0 Å². The zero-order valence-corrected chi connectivity index (χ0v) is 22.1. The van der Waals surface area contributed by atoms with Gasteiger partial charge in [-0.25, -0.2) is 0 Å². The summed E-state index contributed by atoms with van der Waals surface area (Å²) >= 11 is 0. The number of para-hydroxylation sites is 1. The third kappa shape index (κ3) is 5.25. The van der Waals surface area contributed by atoms with Gasteiger partial charge in [-0.1, -0.05) is 69.3 Å². The van der Waals surface area contributed by atoms with Crippen LogP contribution in [0.4, 0.5) is 5.69 Å². The minimum absolute atomic E-state index is 0.0145. The molecule has 0 radical (unpaired) electrons. The second kappa shape index (κ2) is 10.3. The van der Waals surface area contributed by atoms with Gasteiger partial charge in [-0.15, -0.1) is 0 Å². The zero-order valence-electron chi connectivity index (χ0n) is 22.1. The van der Waals surface area contributed by atoms with Crippen LogP contribution < -0.4 is 16.0 Å². The van der Waals surface area contributed by atoms with E-state index in [-0.39, 0.29) is 30.7 Å². The van der Waals surface area contributed by atoms with Gasteiger partial charge in [0.25, 0.3) is 0 Å². The second-order valence-corrected chi connectivity index (χ2v) is 11.3. The maximum absolute atomic E-state index is 13.8. The largest absolute Gasteiger partial charge is 0.341 e. The lowest BCUT2D eigenvalue weighted by Gasteiger charge is -2.31. The number of likely N-dealkylation sites (tertiary alicyclic amines) is 1. The van der Waals surface area contributed by atoms with Crippen molar-refractivity contribution in [1.29, 1.82) is 5.26 Å². The van der Waals surface area contributed by atoms with Crippen LogP contribution in [-0.4, -0.2) is 47.2 Å². The molecule has 2 aliphatic rings. The summed E-state index contributed by atoms with van der Waals surface area (Å²) in [4.78, 5) is 54.0. The molecule has 4 rings (SSSR count). The third-order valence-electron chi connectivity index (χ3n) is 7.19. The van der Waals surface area contributed by atoms with Crippen molar-refractivity contribution in [2.45, 2.75) is 64.1 Å². The average Bonchev–Trinajstić information content (AvgIpc) is 3.40. The molecule has 1 spiro atoms. The van der Waals surface area contributed by atoms with Crippen LogP contribution in [0.25, 0.3) is 0 Å². The normalized spacial score (nSPS) is 21.7. The summed E-state index contributed by atoms with van der Waals surface area (Å²) < 4.78 is 0. The van der Waals surface area contributed by atoms with E-state index in [0.717, 1.165) is 11.1 Å². The van der Waals surface area contributed by atoms with E-state index in [4.69, 9.17) is 0 Å². The lowest BCUT2D eigenvalue weighted by atomic mass is 9.80. The predicted octanol–water partition coefficient (Wildman–Crippen LogP) is 2.80. The minimum atomic E-state index is -1.05. The Hall–Kier alpha value is -4.19. The standard InChI is InChI=1S/C29H33N5O4/c1-18(19-10-6-5-7-11-19)31-24(35)25(36)32-23(15-28(2,3)4)26(37)34-17-29(14-20(34)16-30)21-12-8-9-13-22(21)33-27(29)38/h5-13,18,20,23H,14-15,17H2,1-4H3,(H,31,35)(H,32,36)(H,33,38)/t18-,20+,23+,29+/m1/s1. The highest BCUT2D eigenvalue weighted by molar-refractivity contribution is 6.35. The minimum Gasteiger partial charge on any atom is -0.341 e. The molecule has 2 aliphatic heterocycles. The molecule has 4 amide bonds. The van der Waals surface area contributed by atoms with Crippen LogP contribution in [0.1, 0.15) is 57.7 Å². The fraction of sp³-hybridized carbons (Fsp3) is 0.414. The quantitative estimate of drug-likeness (QED) is 0.527. The van der Waals surface area contributed by atoms with Gasteiger partial charge in [0.05, 0.1) is 17.5 Å². The number of nitrogens with zero attached hydrogens (tertiary/aromatic N) is 2. The van der Waals surface area contributed by atoms with Gasteiger partial charge in [0, 0.05) is 18.7 Å². The Labute approximate surface area is 222 Å². The van der Waals surface area contributed by atoms with Gasteiger partial charge in [0.15, 0.2) is 0 Å². The first kappa shape index (κ1) is 26.9. The fourth-order valence-corrected chi connectivity index (χ4v) is 5.31. The summed E-state index contributed by atoms with van der Waals surface area (Å²) in [6, 6.07) is 16.4. The SMILES string of the molecule is C[C@@H](NC(=O)C(=O)N[C@@H](CC(C)(C)C)C(=O)N1C[C@]2(C[C@H]1C#N)C(=O)Nc1ccccc12)c1ccccc1. The van der Waals surface area contributed by atoms with E-state index in [1.165, 1.54) is 4.90 Å². The Morgan fingerprint density at radius 3 is 2.37 bits per heavy atom. The highest BCUT2D eigenvalue weighted by Gasteiger charge is 2.56. The lowest BCUT2D eigenvalue weighted by molar-refractivity contribution is -0.143. The average molecular weight is 516 g/mol. The number of anilines is 1. The molecule has 9 heteroatoms. The molecule has 2 aromatic carbocycles. The Bertz CT molecular complexity index is 1300. The van der Waals surface area contributed by atoms with Crippen molar-refractivity contribution in [2.75, 3.05) is 11.9 Å². The second-order valence-electron chi connectivity index (χ2n) is 11.3. The highest BCUT2D eigenvalue weighted by Crippen LogP contribution is 2.46. The number of nitriles is 1. The summed E-state index contributed by atoms with van der Waals surface area (Å²) in [7, 11) is 0. The van der Waals surface area contributed by atoms with Crippen LogP contribution >= 0.6 is 0 Å². The first-order valence-electron chi connectivity index (χ1n) is 12.7. The molecule has 4 atom stereocenters. The molecular weight excluding hydrogens is 482 g/mol. The van der Waals surface area contributed by atoms with Crippen LogP contribution in [0.3, 0.4) is 0 Å².